The predicted molar refractivity (Wildman–Crippen MR) is 68.3 cm³/mol. The van der Waals surface area contributed by atoms with E-state index in [2.05, 4.69) is 21.4 Å². The molecule has 84 valence electrons. The van der Waals surface area contributed by atoms with Crippen LogP contribution in [-0.4, -0.2) is 16.5 Å². The molecule has 0 fully saturated rings. The van der Waals surface area contributed by atoms with Crippen LogP contribution in [0, 0.1) is 6.92 Å². The lowest BCUT2D eigenvalue weighted by atomic mass is 10.3. The number of halogens is 1. The summed E-state index contributed by atoms with van der Waals surface area (Å²) in [6.07, 6.45) is 2.72. The van der Waals surface area contributed by atoms with Gasteiger partial charge in [0, 0.05) is 17.6 Å². The number of hydrogen-bond donors (Lipinski definition) is 1. The Labute approximate surface area is 104 Å². The van der Waals surface area contributed by atoms with Crippen LogP contribution in [0.2, 0.25) is 4.34 Å². The first-order valence-electron chi connectivity index (χ1n) is 5.02. The van der Waals surface area contributed by atoms with Gasteiger partial charge in [-0.15, -0.1) is 11.3 Å². The third-order valence-electron chi connectivity index (χ3n) is 2.08. The van der Waals surface area contributed by atoms with E-state index in [1.165, 1.54) is 4.88 Å². The summed E-state index contributed by atoms with van der Waals surface area (Å²) in [6.45, 7) is 2.73. The molecule has 5 heteroatoms. The van der Waals surface area contributed by atoms with E-state index in [9.17, 15) is 0 Å². The van der Waals surface area contributed by atoms with Gasteiger partial charge in [-0.3, -0.25) is 0 Å². The van der Waals surface area contributed by atoms with E-state index in [0.29, 0.717) is 0 Å². The number of aryl methyl sites for hydroxylation is 1. The molecule has 0 unspecified atom stereocenters. The average molecular weight is 254 g/mol. The Morgan fingerprint density at radius 3 is 2.94 bits per heavy atom. The molecule has 0 saturated carbocycles. The smallest absolute Gasteiger partial charge is 0.129 e. The summed E-state index contributed by atoms with van der Waals surface area (Å²) < 4.78 is 0.841. The van der Waals surface area contributed by atoms with E-state index in [-0.39, 0.29) is 0 Å². The molecule has 0 aliphatic carbocycles. The number of nitrogens with zero attached hydrogens (tertiary/aromatic N) is 2. The molecule has 16 heavy (non-hydrogen) atoms. The highest BCUT2D eigenvalue weighted by Gasteiger charge is 1.98. The zero-order chi connectivity index (χ0) is 11.4. The minimum Gasteiger partial charge on any atom is -0.370 e. The first-order valence-corrected chi connectivity index (χ1v) is 6.21. The fraction of sp³-hybridized carbons (Fsp3) is 0.273. The number of hydrogen-bond acceptors (Lipinski definition) is 4. The van der Waals surface area contributed by atoms with Crippen molar-refractivity contribution in [2.24, 2.45) is 0 Å². The number of anilines is 1. The van der Waals surface area contributed by atoms with E-state index in [4.69, 9.17) is 11.6 Å². The SMILES string of the molecule is Cc1nccc(NCCc2ccc(Cl)s2)n1. The topological polar surface area (TPSA) is 37.8 Å². The number of thiophene rings is 1. The lowest BCUT2D eigenvalue weighted by molar-refractivity contribution is 0.993. The summed E-state index contributed by atoms with van der Waals surface area (Å²) in [7, 11) is 0. The van der Waals surface area contributed by atoms with Gasteiger partial charge in [0.1, 0.15) is 11.6 Å². The highest BCUT2D eigenvalue weighted by atomic mass is 35.5. The Morgan fingerprint density at radius 2 is 2.25 bits per heavy atom. The molecular formula is C11H12ClN3S. The van der Waals surface area contributed by atoms with E-state index >= 15 is 0 Å². The van der Waals surface area contributed by atoms with Gasteiger partial charge < -0.3 is 5.32 Å². The molecule has 0 bridgehead atoms. The molecule has 2 aromatic rings. The van der Waals surface area contributed by atoms with Gasteiger partial charge in [0.25, 0.3) is 0 Å². The van der Waals surface area contributed by atoms with Gasteiger partial charge in [0.2, 0.25) is 0 Å². The monoisotopic (exact) mass is 253 g/mol. The van der Waals surface area contributed by atoms with Crippen molar-refractivity contribution < 1.29 is 0 Å². The van der Waals surface area contributed by atoms with E-state index in [0.717, 1.165) is 28.9 Å². The summed E-state index contributed by atoms with van der Waals surface area (Å²) in [4.78, 5) is 9.59. The lowest BCUT2D eigenvalue weighted by Gasteiger charge is -2.04. The van der Waals surface area contributed by atoms with Gasteiger partial charge >= 0.3 is 0 Å². The van der Waals surface area contributed by atoms with Crippen LogP contribution in [0.4, 0.5) is 5.82 Å². The second kappa shape index (κ2) is 5.27. The van der Waals surface area contributed by atoms with Crippen molar-refractivity contribution in [3.63, 3.8) is 0 Å². The van der Waals surface area contributed by atoms with Crippen molar-refractivity contribution in [2.75, 3.05) is 11.9 Å². The summed E-state index contributed by atoms with van der Waals surface area (Å²) >= 11 is 7.47. The summed E-state index contributed by atoms with van der Waals surface area (Å²) in [5.74, 6) is 1.65. The molecule has 0 spiro atoms. The third-order valence-corrected chi connectivity index (χ3v) is 3.37. The predicted octanol–water partition coefficient (Wildman–Crippen LogP) is 3.15. The Kier molecular flexibility index (Phi) is 3.74. The van der Waals surface area contributed by atoms with Crippen molar-refractivity contribution >= 4 is 28.8 Å². The van der Waals surface area contributed by atoms with Crippen molar-refractivity contribution in [1.82, 2.24) is 9.97 Å². The summed E-state index contributed by atoms with van der Waals surface area (Å²) in [5, 5.41) is 3.26. The molecule has 0 aliphatic rings. The minimum absolute atomic E-state index is 0.782. The standard InChI is InChI=1S/C11H12ClN3S/c1-8-13-7-5-11(15-8)14-6-4-9-2-3-10(12)16-9/h2-3,5,7H,4,6H2,1H3,(H,13,14,15). The molecule has 2 rings (SSSR count). The Balaban J connectivity index is 1.84. The van der Waals surface area contributed by atoms with Crippen LogP contribution in [0.5, 0.6) is 0 Å². The molecule has 2 heterocycles. The Morgan fingerprint density at radius 1 is 1.38 bits per heavy atom. The summed E-state index contributed by atoms with van der Waals surface area (Å²) in [5.41, 5.74) is 0. The molecule has 0 aromatic carbocycles. The number of rotatable bonds is 4. The lowest BCUT2D eigenvalue weighted by Crippen LogP contribution is -2.06. The molecule has 3 nitrogen and oxygen atoms in total. The van der Waals surface area contributed by atoms with Crippen LogP contribution in [0.25, 0.3) is 0 Å². The van der Waals surface area contributed by atoms with Crippen LogP contribution in [0.1, 0.15) is 10.7 Å². The minimum atomic E-state index is 0.782. The first-order chi connectivity index (χ1) is 7.74. The Hall–Kier alpha value is -1.13. The second-order valence-electron chi connectivity index (χ2n) is 3.37. The maximum absolute atomic E-state index is 5.85. The maximum Gasteiger partial charge on any atom is 0.129 e. The van der Waals surface area contributed by atoms with Crippen LogP contribution in [0.3, 0.4) is 0 Å². The van der Waals surface area contributed by atoms with Crippen LogP contribution < -0.4 is 5.32 Å². The van der Waals surface area contributed by atoms with E-state index < -0.39 is 0 Å². The highest BCUT2D eigenvalue weighted by Crippen LogP contribution is 2.21. The quantitative estimate of drug-likeness (QED) is 0.910. The van der Waals surface area contributed by atoms with E-state index in [1.54, 1.807) is 17.5 Å². The molecular weight excluding hydrogens is 242 g/mol. The molecule has 0 saturated heterocycles. The van der Waals surface area contributed by atoms with Gasteiger partial charge in [-0.25, -0.2) is 9.97 Å². The van der Waals surface area contributed by atoms with Crippen LogP contribution in [-0.2, 0) is 6.42 Å². The van der Waals surface area contributed by atoms with Gasteiger partial charge in [-0.1, -0.05) is 11.6 Å². The number of nitrogens with one attached hydrogen (secondary N) is 1. The maximum atomic E-state index is 5.85. The molecule has 0 atom stereocenters. The molecule has 2 aromatic heterocycles. The zero-order valence-corrected chi connectivity index (χ0v) is 10.5. The molecule has 0 radical (unpaired) electrons. The van der Waals surface area contributed by atoms with Gasteiger partial charge in [-0.05, 0) is 31.5 Å². The fourth-order valence-electron chi connectivity index (χ4n) is 1.35. The summed E-state index contributed by atoms with van der Waals surface area (Å²) in [6, 6.07) is 5.85. The van der Waals surface area contributed by atoms with Gasteiger partial charge in [0.05, 0.1) is 4.34 Å². The first kappa shape index (κ1) is 11.4. The zero-order valence-electron chi connectivity index (χ0n) is 8.90. The van der Waals surface area contributed by atoms with Gasteiger partial charge in [-0.2, -0.15) is 0 Å². The molecule has 1 N–H and O–H groups in total. The third kappa shape index (κ3) is 3.18. The second-order valence-corrected chi connectivity index (χ2v) is 5.17. The normalized spacial score (nSPS) is 10.4. The van der Waals surface area contributed by atoms with Gasteiger partial charge in [0.15, 0.2) is 0 Å². The molecule has 0 amide bonds. The van der Waals surface area contributed by atoms with E-state index in [1.807, 2.05) is 19.1 Å². The average Bonchev–Trinajstić information content (AvgIpc) is 2.64. The van der Waals surface area contributed by atoms with Crippen molar-refractivity contribution in [3.8, 4) is 0 Å². The van der Waals surface area contributed by atoms with Crippen molar-refractivity contribution in [1.29, 1.82) is 0 Å². The van der Waals surface area contributed by atoms with Crippen molar-refractivity contribution in [2.45, 2.75) is 13.3 Å². The van der Waals surface area contributed by atoms with Crippen molar-refractivity contribution in [3.05, 3.63) is 39.4 Å². The number of aromatic nitrogens is 2. The van der Waals surface area contributed by atoms with Crippen LogP contribution in [0.15, 0.2) is 24.4 Å². The fourth-order valence-corrected chi connectivity index (χ4v) is 2.44. The molecule has 0 aliphatic heterocycles. The highest BCUT2D eigenvalue weighted by molar-refractivity contribution is 7.16. The van der Waals surface area contributed by atoms with Crippen LogP contribution >= 0.6 is 22.9 Å². The Bertz CT molecular complexity index is 470. The largest absolute Gasteiger partial charge is 0.370 e.